The summed E-state index contributed by atoms with van der Waals surface area (Å²) in [5, 5.41) is 9.15. The van der Waals surface area contributed by atoms with Gasteiger partial charge in [-0.05, 0) is 34.7 Å². The monoisotopic (exact) mass is 349 g/mol. The second-order valence-electron chi connectivity index (χ2n) is 2.71. The van der Waals surface area contributed by atoms with Crippen LogP contribution in [-0.2, 0) is 0 Å². The van der Waals surface area contributed by atoms with Gasteiger partial charge in [-0.3, -0.25) is 0 Å². The summed E-state index contributed by atoms with van der Waals surface area (Å²) in [5.74, 6) is 0. The smallest absolute Gasteiger partial charge is 0.167 e. The van der Waals surface area contributed by atoms with Crippen LogP contribution in [-0.4, -0.2) is 9.97 Å². The van der Waals surface area contributed by atoms with Gasteiger partial charge in [0.1, 0.15) is 17.1 Å². The number of rotatable bonds is 0. The summed E-state index contributed by atoms with van der Waals surface area (Å²) in [6, 6.07) is 5.51. The highest BCUT2D eigenvalue weighted by Gasteiger charge is 2.10. The van der Waals surface area contributed by atoms with Gasteiger partial charge in [0.05, 0.1) is 5.56 Å². The average molecular weight is 350 g/mol. The minimum absolute atomic E-state index is 0.114. The van der Waals surface area contributed by atoms with Crippen LogP contribution in [0.15, 0.2) is 12.1 Å². The van der Waals surface area contributed by atoms with E-state index in [1.165, 1.54) is 0 Å². The van der Waals surface area contributed by atoms with E-state index in [2.05, 4.69) is 32.6 Å². The number of aromatic nitrogens is 2. The first-order valence-corrected chi connectivity index (χ1v) is 5.68. The zero-order chi connectivity index (χ0) is 11.0. The van der Waals surface area contributed by atoms with Gasteiger partial charge < -0.3 is 0 Å². The first kappa shape index (κ1) is 10.9. The maximum Gasteiger partial charge on any atom is 0.167 e. The second-order valence-corrected chi connectivity index (χ2v) is 4.59. The van der Waals surface area contributed by atoms with Crippen LogP contribution in [0.5, 0.6) is 0 Å². The molecule has 0 aliphatic heterocycles. The zero-order valence-corrected chi connectivity index (χ0v) is 10.8. The van der Waals surface area contributed by atoms with Crippen LogP contribution in [0.1, 0.15) is 5.56 Å². The molecule has 0 aliphatic rings. The van der Waals surface area contributed by atoms with E-state index in [4.69, 9.17) is 28.5 Å². The number of nitriles is 1. The van der Waals surface area contributed by atoms with E-state index >= 15 is 0 Å². The zero-order valence-electron chi connectivity index (χ0n) is 7.13. The molecule has 0 N–H and O–H groups in total. The standard InChI is InChI=1S/C9H2Cl2IN3/c10-8-9(11)15-7-5(12)2-1-4(3-13)6(7)14-8/h1-2H. The Balaban J connectivity index is 2.96. The molecule has 0 spiro atoms. The molecule has 1 aromatic heterocycles. The Kier molecular flexibility index (Phi) is 2.96. The molecule has 0 bridgehead atoms. The molecule has 0 fully saturated rings. The molecular formula is C9H2Cl2IN3. The lowest BCUT2D eigenvalue weighted by atomic mass is 10.2. The topological polar surface area (TPSA) is 49.6 Å². The summed E-state index contributed by atoms with van der Waals surface area (Å²) >= 11 is 13.6. The van der Waals surface area contributed by atoms with Gasteiger partial charge in [-0.1, -0.05) is 23.2 Å². The Labute approximate surface area is 109 Å². The predicted octanol–water partition coefficient (Wildman–Crippen LogP) is 3.41. The van der Waals surface area contributed by atoms with E-state index in [-0.39, 0.29) is 10.3 Å². The Morgan fingerprint density at radius 3 is 2.33 bits per heavy atom. The average Bonchev–Trinajstić information content (AvgIpc) is 2.22. The number of hydrogen-bond acceptors (Lipinski definition) is 3. The predicted molar refractivity (Wildman–Crippen MR) is 67.0 cm³/mol. The van der Waals surface area contributed by atoms with Crippen molar-refractivity contribution >= 4 is 56.8 Å². The molecule has 0 radical (unpaired) electrons. The van der Waals surface area contributed by atoms with E-state index in [1.54, 1.807) is 12.1 Å². The quantitative estimate of drug-likeness (QED) is 0.685. The molecule has 1 heterocycles. The Morgan fingerprint density at radius 1 is 1.13 bits per heavy atom. The fraction of sp³-hybridized carbons (Fsp3) is 0. The van der Waals surface area contributed by atoms with Gasteiger partial charge in [-0.2, -0.15) is 5.26 Å². The minimum Gasteiger partial charge on any atom is -0.230 e. The Morgan fingerprint density at radius 2 is 1.73 bits per heavy atom. The highest BCUT2D eigenvalue weighted by atomic mass is 127. The van der Waals surface area contributed by atoms with E-state index in [9.17, 15) is 0 Å². The van der Waals surface area contributed by atoms with Crippen LogP contribution in [0.4, 0.5) is 0 Å². The molecule has 15 heavy (non-hydrogen) atoms. The third kappa shape index (κ3) is 1.87. The van der Waals surface area contributed by atoms with Gasteiger partial charge in [-0.15, -0.1) is 0 Å². The highest BCUT2D eigenvalue weighted by Crippen LogP contribution is 2.26. The number of hydrogen-bond donors (Lipinski definition) is 0. The summed E-state index contributed by atoms with van der Waals surface area (Å²) in [4.78, 5) is 8.15. The lowest BCUT2D eigenvalue weighted by molar-refractivity contribution is 1.28. The summed E-state index contributed by atoms with van der Waals surface area (Å²) in [5.41, 5.74) is 1.53. The van der Waals surface area contributed by atoms with Gasteiger partial charge in [0.15, 0.2) is 10.3 Å². The van der Waals surface area contributed by atoms with Gasteiger partial charge in [0.2, 0.25) is 0 Å². The van der Waals surface area contributed by atoms with Crippen LogP contribution >= 0.6 is 45.8 Å². The number of benzene rings is 1. The van der Waals surface area contributed by atoms with Crippen LogP contribution in [0.25, 0.3) is 11.0 Å². The van der Waals surface area contributed by atoms with Gasteiger partial charge in [-0.25, -0.2) is 9.97 Å². The molecule has 1 aromatic carbocycles. The van der Waals surface area contributed by atoms with E-state index in [1.807, 2.05) is 6.07 Å². The van der Waals surface area contributed by atoms with Gasteiger partial charge >= 0.3 is 0 Å². The Hall–Kier alpha value is -0.640. The molecular weight excluding hydrogens is 348 g/mol. The largest absolute Gasteiger partial charge is 0.230 e. The van der Waals surface area contributed by atoms with Crippen molar-refractivity contribution in [3.05, 3.63) is 31.6 Å². The maximum atomic E-state index is 8.89. The van der Waals surface area contributed by atoms with Crippen molar-refractivity contribution < 1.29 is 0 Å². The minimum atomic E-state index is 0.114. The SMILES string of the molecule is N#Cc1ccc(I)c2nc(Cl)c(Cl)nc12. The van der Waals surface area contributed by atoms with Gasteiger partial charge in [0.25, 0.3) is 0 Å². The third-order valence-electron chi connectivity index (χ3n) is 1.81. The van der Waals surface area contributed by atoms with Crippen LogP contribution in [0.2, 0.25) is 10.3 Å². The molecule has 3 nitrogen and oxygen atoms in total. The van der Waals surface area contributed by atoms with Crippen LogP contribution in [0.3, 0.4) is 0 Å². The Bertz CT molecular complexity index is 592. The molecule has 0 unspecified atom stereocenters. The van der Waals surface area contributed by atoms with Gasteiger partial charge in [0, 0.05) is 3.57 Å². The molecule has 6 heteroatoms. The highest BCUT2D eigenvalue weighted by molar-refractivity contribution is 14.1. The van der Waals surface area contributed by atoms with Crippen molar-refractivity contribution in [2.24, 2.45) is 0 Å². The molecule has 2 rings (SSSR count). The first-order chi connectivity index (χ1) is 7.13. The molecule has 0 amide bonds. The van der Waals surface area contributed by atoms with Crippen molar-refractivity contribution in [1.82, 2.24) is 9.97 Å². The van der Waals surface area contributed by atoms with Crippen molar-refractivity contribution in [2.45, 2.75) is 0 Å². The summed E-state index contributed by atoms with van der Waals surface area (Å²) in [6.45, 7) is 0. The lowest BCUT2D eigenvalue weighted by Gasteiger charge is -2.02. The fourth-order valence-corrected chi connectivity index (χ4v) is 1.96. The number of nitrogens with zero attached hydrogens (tertiary/aromatic N) is 3. The van der Waals surface area contributed by atoms with Crippen molar-refractivity contribution in [3.63, 3.8) is 0 Å². The second kappa shape index (κ2) is 4.08. The van der Waals surface area contributed by atoms with Crippen molar-refractivity contribution in [2.75, 3.05) is 0 Å². The van der Waals surface area contributed by atoms with Crippen LogP contribution in [0, 0.1) is 14.9 Å². The molecule has 74 valence electrons. The normalized spacial score (nSPS) is 10.3. The van der Waals surface area contributed by atoms with E-state index in [0.29, 0.717) is 16.6 Å². The molecule has 0 aliphatic carbocycles. The van der Waals surface area contributed by atoms with E-state index < -0.39 is 0 Å². The third-order valence-corrected chi connectivity index (χ3v) is 3.31. The summed E-state index contributed by atoms with van der Waals surface area (Å²) < 4.78 is 0.882. The first-order valence-electron chi connectivity index (χ1n) is 3.85. The van der Waals surface area contributed by atoms with Crippen molar-refractivity contribution in [3.8, 4) is 6.07 Å². The maximum absolute atomic E-state index is 8.89. The van der Waals surface area contributed by atoms with Crippen molar-refractivity contribution in [1.29, 1.82) is 5.26 Å². The molecule has 2 aromatic rings. The molecule has 0 saturated heterocycles. The summed E-state index contributed by atoms with van der Waals surface area (Å²) in [7, 11) is 0. The molecule has 0 saturated carbocycles. The van der Waals surface area contributed by atoms with Crippen LogP contribution < -0.4 is 0 Å². The molecule has 0 atom stereocenters. The summed E-state index contributed by atoms with van der Waals surface area (Å²) in [6.07, 6.45) is 0. The van der Waals surface area contributed by atoms with E-state index in [0.717, 1.165) is 3.57 Å². The number of halogens is 3. The lowest BCUT2D eigenvalue weighted by Crippen LogP contribution is -1.92. The fourth-order valence-electron chi connectivity index (χ4n) is 1.15. The number of fused-ring (bicyclic) bond motifs is 1.